The number of nitrogens with one attached hydrogen (secondary N) is 1. The molecule has 0 amide bonds. The zero-order valence-electron chi connectivity index (χ0n) is 13.3. The van der Waals surface area contributed by atoms with Gasteiger partial charge in [-0.2, -0.15) is 0 Å². The van der Waals surface area contributed by atoms with Crippen molar-refractivity contribution in [1.82, 2.24) is 10.3 Å². The van der Waals surface area contributed by atoms with Crippen molar-refractivity contribution in [1.29, 1.82) is 0 Å². The van der Waals surface area contributed by atoms with Crippen LogP contribution in [0.1, 0.15) is 29.9 Å². The molecule has 0 saturated carbocycles. The normalized spacial score (nSPS) is 17.8. The number of hydrogen-bond donors (Lipinski definition) is 1. The molecule has 1 unspecified atom stereocenters. The molecular formula is C18H22N2O2S. The molecule has 2 heterocycles. The van der Waals surface area contributed by atoms with Crippen LogP contribution in [-0.4, -0.2) is 32.7 Å². The van der Waals surface area contributed by atoms with E-state index >= 15 is 0 Å². The number of nitrogens with zero attached hydrogens (tertiary/aromatic N) is 1. The zero-order chi connectivity index (χ0) is 16.3. The quantitative estimate of drug-likeness (QED) is 0.936. The Morgan fingerprint density at radius 2 is 1.87 bits per heavy atom. The van der Waals surface area contributed by atoms with Crippen LogP contribution in [0.5, 0.6) is 0 Å². The van der Waals surface area contributed by atoms with E-state index < -0.39 is 9.84 Å². The summed E-state index contributed by atoms with van der Waals surface area (Å²) in [6, 6.07) is 11.4. The van der Waals surface area contributed by atoms with E-state index in [1.165, 1.54) is 6.26 Å². The van der Waals surface area contributed by atoms with Gasteiger partial charge in [-0.25, -0.2) is 8.42 Å². The third kappa shape index (κ3) is 3.79. The van der Waals surface area contributed by atoms with Gasteiger partial charge in [0.2, 0.25) is 0 Å². The van der Waals surface area contributed by atoms with Gasteiger partial charge >= 0.3 is 0 Å². The topological polar surface area (TPSA) is 59.1 Å². The van der Waals surface area contributed by atoms with Crippen molar-refractivity contribution < 1.29 is 8.42 Å². The Morgan fingerprint density at radius 1 is 1.13 bits per heavy atom. The van der Waals surface area contributed by atoms with Crippen LogP contribution in [0.2, 0.25) is 0 Å². The summed E-state index contributed by atoms with van der Waals surface area (Å²) in [5.41, 5.74) is 2.22. The van der Waals surface area contributed by atoms with Crippen LogP contribution in [-0.2, 0) is 9.84 Å². The second-order valence-electron chi connectivity index (χ2n) is 6.20. The third-order valence-corrected chi connectivity index (χ3v) is 5.65. The Bertz CT molecular complexity index is 754. The first kappa shape index (κ1) is 16.1. The van der Waals surface area contributed by atoms with Crippen molar-refractivity contribution in [3.05, 3.63) is 59.9 Å². The standard InChI is InChI=1S/C18H22N2O2S/c1-23(21,22)17-6-2-4-15(12-17)18(14-7-10-19-11-8-14)16-5-3-9-20-13-16/h2-6,9,12-14,18-19H,7-8,10-11H2,1H3. The van der Waals surface area contributed by atoms with Crippen molar-refractivity contribution in [3.63, 3.8) is 0 Å². The summed E-state index contributed by atoms with van der Waals surface area (Å²) < 4.78 is 23.8. The van der Waals surface area contributed by atoms with Gasteiger partial charge in [-0.05, 0) is 61.2 Å². The van der Waals surface area contributed by atoms with E-state index in [9.17, 15) is 8.42 Å². The first-order chi connectivity index (χ1) is 11.1. The fourth-order valence-corrected chi connectivity index (χ4v) is 4.09. The molecule has 0 aliphatic carbocycles. The summed E-state index contributed by atoms with van der Waals surface area (Å²) in [6.45, 7) is 2.01. The molecule has 0 spiro atoms. The van der Waals surface area contributed by atoms with Gasteiger partial charge in [0.1, 0.15) is 0 Å². The predicted molar refractivity (Wildman–Crippen MR) is 91.2 cm³/mol. The Morgan fingerprint density at radius 3 is 2.52 bits per heavy atom. The molecule has 122 valence electrons. The summed E-state index contributed by atoms with van der Waals surface area (Å²) in [7, 11) is -3.20. The summed E-state index contributed by atoms with van der Waals surface area (Å²) in [5.74, 6) is 0.683. The van der Waals surface area contributed by atoms with Gasteiger partial charge in [0.05, 0.1) is 4.90 Å². The molecule has 1 saturated heterocycles. The maximum absolute atomic E-state index is 11.9. The van der Waals surface area contributed by atoms with E-state index in [0.29, 0.717) is 10.8 Å². The van der Waals surface area contributed by atoms with Crippen LogP contribution in [0.25, 0.3) is 0 Å². The van der Waals surface area contributed by atoms with Crippen LogP contribution in [0.15, 0.2) is 53.7 Å². The average Bonchev–Trinajstić information content (AvgIpc) is 2.57. The summed E-state index contributed by atoms with van der Waals surface area (Å²) in [5, 5.41) is 3.40. The van der Waals surface area contributed by atoms with Crippen LogP contribution >= 0.6 is 0 Å². The van der Waals surface area contributed by atoms with E-state index in [0.717, 1.165) is 37.1 Å². The second-order valence-corrected chi connectivity index (χ2v) is 8.21. The Labute approximate surface area is 137 Å². The molecule has 0 bridgehead atoms. The molecule has 1 aromatic carbocycles. The number of benzene rings is 1. The van der Waals surface area contributed by atoms with E-state index in [1.807, 2.05) is 30.5 Å². The highest BCUT2D eigenvalue weighted by atomic mass is 32.2. The number of rotatable bonds is 4. The molecule has 1 fully saturated rings. The minimum absolute atomic E-state index is 0.187. The van der Waals surface area contributed by atoms with Crippen molar-refractivity contribution in [3.8, 4) is 0 Å². The third-order valence-electron chi connectivity index (χ3n) is 4.54. The highest BCUT2D eigenvalue weighted by Crippen LogP contribution is 2.37. The molecule has 2 aromatic rings. The molecule has 4 nitrogen and oxygen atoms in total. The average molecular weight is 330 g/mol. The fraction of sp³-hybridized carbons (Fsp3) is 0.389. The van der Waals surface area contributed by atoms with Gasteiger partial charge in [-0.1, -0.05) is 18.2 Å². The maximum atomic E-state index is 11.9. The van der Waals surface area contributed by atoms with Crippen molar-refractivity contribution in [2.75, 3.05) is 19.3 Å². The molecule has 23 heavy (non-hydrogen) atoms. The van der Waals surface area contributed by atoms with Gasteiger partial charge in [0, 0.05) is 24.6 Å². The number of sulfone groups is 1. The Balaban J connectivity index is 2.05. The highest BCUT2D eigenvalue weighted by molar-refractivity contribution is 7.90. The molecule has 1 aromatic heterocycles. The molecular weight excluding hydrogens is 308 g/mol. The lowest BCUT2D eigenvalue weighted by atomic mass is 9.77. The van der Waals surface area contributed by atoms with Gasteiger partial charge in [0.15, 0.2) is 9.84 Å². The molecule has 1 atom stereocenters. The van der Waals surface area contributed by atoms with Gasteiger partial charge in [-0.15, -0.1) is 0 Å². The van der Waals surface area contributed by atoms with Crippen molar-refractivity contribution >= 4 is 9.84 Å². The van der Waals surface area contributed by atoms with Gasteiger partial charge in [-0.3, -0.25) is 4.98 Å². The predicted octanol–water partition coefficient (Wildman–Crippen LogP) is 2.62. The second kappa shape index (κ2) is 6.81. The van der Waals surface area contributed by atoms with Crippen LogP contribution < -0.4 is 5.32 Å². The molecule has 0 radical (unpaired) electrons. The maximum Gasteiger partial charge on any atom is 0.175 e. The summed E-state index contributed by atoms with van der Waals surface area (Å²) >= 11 is 0. The lowest BCUT2D eigenvalue weighted by Gasteiger charge is -2.31. The largest absolute Gasteiger partial charge is 0.317 e. The highest BCUT2D eigenvalue weighted by Gasteiger charge is 2.27. The van der Waals surface area contributed by atoms with E-state index in [1.54, 1.807) is 12.3 Å². The molecule has 1 N–H and O–H groups in total. The molecule has 3 rings (SSSR count). The minimum atomic E-state index is -3.20. The Hall–Kier alpha value is -1.72. The fourth-order valence-electron chi connectivity index (χ4n) is 3.41. The molecule has 1 aliphatic rings. The lowest BCUT2D eigenvalue weighted by molar-refractivity contribution is 0.342. The van der Waals surface area contributed by atoms with Crippen LogP contribution in [0.3, 0.4) is 0 Å². The first-order valence-electron chi connectivity index (χ1n) is 7.96. The van der Waals surface area contributed by atoms with Crippen LogP contribution in [0.4, 0.5) is 0 Å². The minimum Gasteiger partial charge on any atom is -0.317 e. The van der Waals surface area contributed by atoms with Crippen molar-refractivity contribution in [2.24, 2.45) is 5.92 Å². The smallest absolute Gasteiger partial charge is 0.175 e. The molecule has 1 aliphatic heterocycles. The summed E-state index contributed by atoms with van der Waals surface area (Å²) in [4.78, 5) is 4.65. The lowest BCUT2D eigenvalue weighted by Crippen LogP contribution is -2.31. The van der Waals surface area contributed by atoms with E-state index in [4.69, 9.17) is 0 Å². The SMILES string of the molecule is CS(=O)(=O)c1cccc(C(c2cccnc2)C2CCNCC2)c1. The monoisotopic (exact) mass is 330 g/mol. The number of pyridine rings is 1. The number of hydrogen-bond acceptors (Lipinski definition) is 4. The summed E-state index contributed by atoms with van der Waals surface area (Å²) in [6.07, 6.45) is 7.11. The zero-order valence-corrected chi connectivity index (χ0v) is 14.1. The molecule has 5 heteroatoms. The van der Waals surface area contributed by atoms with Crippen molar-refractivity contribution in [2.45, 2.75) is 23.7 Å². The Kier molecular flexibility index (Phi) is 4.78. The van der Waals surface area contributed by atoms with Gasteiger partial charge in [0.25, 0.3) is 0 Å². The first-order valence-corrected chi connectivity index (χ1v) is 9.85. The van der Waals surface area contributed by atoms with E-state index in [-0.39, 0.29) is 5.92 Å². The number of piperidine rings is 1. The van der Waals surface area contributed by atoms with E-state index in [2.05, 4.69) is 16.4 Å². The number of aromatic nitrogens is 1. The van der Waals surface area contributed by atoms with Gasteiger partial charge < -0.3 is 5.32 Å². The van der Waals surface area contributed by atoms with Crippen LogP contribution in [0, 0.1) is 5.92 Å².